The summed E-state index contributed by atoms with van der Waals surface area (Å²) in [7, 11) is 0. The van der Waals surface area contributed by atoms with Gasteiger partial charge in [0.25, 0.3) is 0 Å². The van der Waals surface area contributed by atoms with E-state index in [1.165, 1.54) is 12.5 Å². The molecule has 1 aromatic heterocycles. The lowest BCUT2D eigenvalue weighted by Gasteiger charge is -2.09. The minimum Gasteiger partial charge on any atom is -0.330 e. The van der Waals surface area contributed by atoms with Gasteiger partial charge in [-0.15, -0.1) is 0 Å². The first-order valence-corrected chi connectivity index (χ1v) is 3.79. The number of aromatic nitrogens is 2. The molecule has 74 valence electrons. The van der Waals surface area contributed by atoms with E-state index in [1.54, 1.807) is 0 Å². The van der Waals surface area contributed by atoms with Crippen molar-refractivity contribution in [1.29, 1.82) is 0 Å². The Morgan fingerprint density at radius 3 is 2.69 bits per heavy atom. The predicted molar refractivity (Wildman–Crippen MR) is 41.0 cm³/mol. The van der Waals surface area contributed by atoms with Crippen molar-refractivity contribution in [2.45, 2.75) is 19.1 Å². The minimum absolute atomic E-state index is 0.323. The summed E-state index contributed by atoms with van der Waals surface area (Å²) in [5.41, 5.74) is 5.74. The highest BCUT2D eigenvalue weighted by Gasteiger charge is 2.28. The Morgan fingerprint density at radius 1 is 1.46 bits per heavy atom. The normalized spacial score (nSPS) is 12.0. The molecule has 6 heteroatoms. The van der Waals surface area contributed by atoms with Gasteiger partial charge >= 0.3 is 6.18 Å². The Balaban J connectivity index is 2.70. The summed E-state index contributed by atoms with van der Waals surface area (Å²) in [4.78, 5) is 3.63. The molecule has 0 saturated carbocycles. The van der Waals surface area contributed by atoms with Crippen molar-refractivity contribution in [3.05, 3.63) is 18.2 Å². The molecule has 13 heavy (non-hydrogen) atoms. The van der Waals surface area contributed by atoms with Gasteiger partial charge in [-0.3, -0.25) is 0 Å². The van der Waals surface area contributed by atoms with Gasteiger partial charge in [0.15, 0.2) is 0 Å². The maximum absolute atomic E-state index is 12.0. The maximum Gasteiger partial charge on any atom is 0.406 e. The van der Waals surface area contributed by atoms with Crippen molar-refractivity contribution in [3.63, 3.8) is 0 Å². The van der Waals surface area contributed by atoms with E-state index in [9.17, 15) is 13.2 Å². The van der Waals surface area contributed by atoms with Crippen molar-refractivity contribution in [2.24, 2.45) is 5.73 Å². The average molecular weight is 193 g/mol. The first-order valence-electron chi connectivity index (χ1n) is 3.79. The summed E-state index contributed by atoms with van der Waals surface area (Å²) in [6.45, 7) is -0.675. The van der Waals surface area contributed by atoms with Crippen LogP contribution in [0.15, 0.2) is 12.5 Å². The van der Waals surface area contributed by atoms with E-state index < -0.39 is 12.7 Å². The molecule has 1 rings (SSSR count). The molecule has 0 unspecified atom stereocenters. The zero-order valence-electron chi connectivity index (χ0n) is 6.88. The Hall–Kier alpha value is -1.04. The van der Waals surface area contributed by atoms with Crippen molar-refractivity contribution in [1.82, 2.24) is 9.55 Å². The highest BCUT2D eigenvalue weighted by Crippen LogP contribution is 2.18. The Labute approximate surface area is 73.4 Å². The molecule has 0 aliphatic heterocycles. The average Bonchev–Trinajstić information content (AvgIpc) is 2.34. The number of rotatable bonds is 3. The molecule has 0 amide bonds. The van der Waals surface area contributed by atoms with Gasteiger partial charge in [-0.1, -0.05) is 0 Å². The number of imidazole rings is 1. The second-order valence-corrected chi connectivity index (χ2v) is 2.67. The minimum atomic E-state index is -4.20. The van der Waals surface area contributed by atoms with Gasteiger partial charge in [0.1, 0.15) is 6.54 Å². The van der Waals surface area contributed by atoms with Gasteiger partial charge in [0.05, 0.1) is 6.33 Å². The maximum atomic E-state index is 12.0. The van der Waals surface area contributed by atoms with E-state index in [0.717, 1.165) is 4.57 Å². The highest BCUT2D eigenvalue weighted by atomic mass is 19.4. The van der Waals surface area contributed by atoms with Gasteiger partial charge in [-0.2, -0.15) is 13.2 Å². The molecule has 3 nitrogen and oxygen atoms in total. The summed E-state index contributed by atoms with van der Waals surface area (Å²) in [5, 5.41) is 0. The molecule has 0 bridgehead atoms. The van der Waals surface area contributed by atoms with Crippen LogP contribution >= 0.6 is 0 Å². The second kappa shape index (κ2) is 3.78. The third-order valence-electron chi connectivity index (χ3n) is 1.55. The van der Waals surface area contributed by atoms with Crippen molar-refractivity contribution >= 4 is 0 Å². The first-order chi connectivity index (χ1) is 6.03. The van der Waals surface area contributed by atoms with E-state index >= 15 is 0 Å². The summed E-state index contributed by atoms with van der Waals surface area (Å²) >= 11 is 0. The predicted octanol–water partition coefficient (Wildman–Crippen LogP) is 0.947. The molecule has 1 aromatic rings. The van der Waals surface area contributed by atoms with E-state index in [1.807, 2.05) is 0 Å². The molecule has 0 aromatic carbocycles. The van der Waals surface area contributed by atoms with Crippen molar-refractivity contribution in [2.75, 3.05) is 6.54 Å². The third-order valence-corrected chi connectivity index (χ3v) is 1.55. The summed E-state index contributed by atoms with van der Waals surface area (Å²) in [6, 6.07) is 0. The van der Waals surface area contributed by atoms with Crippen LogP contribution in [0.25, 0.3) is 0 Å². The van der Waals surface area contributed by atoms with E-state index in [2.05, 4.69) is 4.98 Å². The molecule has 0 spiro atoms. The van der Waals surface area contributed by atoms with Crippen LogP contribution in [0.4, 0.5) is 13.2 Å². The van der Waals surface area contributed by atoms with Crippen molar-refractivity contribution < 1.29 is 13.2 Å². The third kappa shape index (κ3) is 3.06. The van der Waals surface area contributed by atoms with Gasteiger partial charge < -0.3 is 10.3 Å². The van der Waals surface area contributed by atoms with E-state index in [-0.39, 0.29) is 0 Å². The number of nitrogens with zero attached hydrogens (tertiary/aromatic N) is 2. The molecule has 0 aliphatic carbocycles. The first kappa shape index (κ1) is 10.0. The van der Waals surface area contributed by atoms with Crippen LogP contribution in [0.5, 0.6) is 0 Å². The molecule has 0 fully saturated rings. The number of hydrogen-bond acceptors (Lipinski definition) is 2. The molecule has 0 saturated heterocycles. The Morgan fingerprint density at radius 2 is 2.15 bits per heavy atom. The topological polar surface area (TPSA) is 43.8 Å². The quantitative estimate of drug-likeness (QED) is 0.776. The summed E-state index contributed by atoms with van der Waals surface area (Å²) in [6.07, 6.45) is -1.22. The molecule has 1 heterocycles. The largest absolute Gasteiger partial charge is 0.406 e. The standard InChI is InChI=1S/C7H10F3N3/c8-7(9,10)4-13-5-12-3-6(13)1-2-11/h3,5H,1-2,4,11H2. The molecular weight excluding hydrogens is 183 g/mol. The van der Waals surface area contributed by atoms with Gasteiger partial charge in [-0.05, 0) is 6.54 Å². The van der Waals surface area contributed by atoms with Gasteiger partial charge in [0, 0.05) is 18.3 Å². The number of nitrogens with two attached hydrogens (primary N) is 1. The lowest BCUT2D eigenvalue weighted by Crippen LogP contribution is -2.19. The van der Waals surface area contributed by atoms with Crippen LogP contribution in [0.3, 0.4) is 0 Å². The number of hydrogen-bond donors (Lipinski definition) is 1. The number of halogens is 3. The fraction of sp³-hybridized carbons (Fsp3) is 0.571. The Kier molecular flexibility index (Phi) is 2.92. The fourth-order valence-corrected chi connectivity index (χ4v) is 1.04. The Bertz CT molecular complexity index is 266. The highest BCUT2D eigenvalue weighted by molar-refractivity contribution is 4.99. The van der Waals surface area contributed by atoms with Crippen LogP contribution in [-0.2, 0) is 13.0 Å². The molecule has 2 N–H and O–H groups in total. The number of alkyl halides is 3. The van der Waals surface area contributed by atoms with Gasteiger partial charge in [-0.25, -0.2) is 4.98 Å². The van der Waals surface area contributed by atoms with Crippen LogP contribution in [-0.4, -0.2) is 22.3 Å². The monoisotopic (exact) mass is 193 g/mol. The lowest BCUT2D eigenvalue weighted by molar-refractivity contribution is -0.141. The zero-order valence-corrected chi connectivity index (χ0v) is 6.88. The lowest BCUT2D eigenvalue weighted by atomic mass is 10.3. The second-order valence-electron chi connectivity index (χ2n) is 2.67. The van der Waals surface area contributed by atoms with Crippen LogP contribution in [0.1, 0.15) is 5.69 Å². The van der Waals surface area contributed by atoms with E-state index in [4.69, 9.17) is 5.73 Å². The van der Waals surface area contributed by atoms with Gasteiger partial charge in [0.2, 0.25) is 0 Å². The summed E-state index contributed by atoms with van der Waals surface area (Å²) in [5.74, 6) is 0. The van der Waals surface area contributed by atoms with E-state index in [0.29, 0.717) is 18.7 Å². The zero-order chi connectivity index (χ0) is 9.90. The van der Waals surface area contributed by atoms with Crippen molar-refractivity contribution in [3.8, 4) is 0 Å². The molecular formula is C7H10F3N3. The van der Waals surface area contributed by atoms with Crippen LogP contribution in [0, 0.1) is 0 Å². The summed E-state index contributed by atoms with van der Waals surface area (Å²) < 4.78 is 36.9. The van der Waals surface area contributed by atoms with Crippen LogP contribution < -0.4 is 5.73 Å². The smallest absolute Gasteiger partial charge is 0.330 e. The molecule has 0 aliphatic rings. The molecule has 0 radical (unpaired) electrons. The SMILES string of the molecule is NCCc1cncn1CC(F)(F)F. The fourth-order valence-electron chi connectivity index (χ4n) is 1.04. The molecule has 0 atom stereocenters. The van der Waals surface area contributed by atoms with Crippen LogP contribution in [0.2, 0.25) is 0 Å².